The second kappa shape index (κ2) is 4.61. The van der Waals surface area contributed by atoms with Gasteiger partial charge in [0.05, 0.1) is 17.9 Å². The molecule has 16 heavy (non-hydrogen) atoms. The fourth-order valence-electron chi connectivity index (χ4n) is 1.81. The quantitative estimate of drug-likeness (QED) is 0.855. The Bertz CT molecular complexity index is 461. The van der Waals surface area contributed by atoms with Gasteiger partial charge in [0, 0.05) is 24.0 Å². The standard InChI is InChI=1S/C12H18N4/c1-9(2)3-4-11(13)10-7-15-16-6-5-14-8-12(10)16/h5-9,11H,3-4,13H2,1-2H3. The van der Waals surface area contributed by atoms with Crippen molar-refractivity contribution in [2.45, 2.75) is 32.7 Å². The van der Waals surface area contributed by atoms with Crippen LogP contribution in [0, 0.1) is 5.92 Å². The van der Waals surface area contributed by atoms with Crippen molar-refractivity contribution in [2.24, 2.45) is 11.7 Å². The Balaban J connectivity index is 2.19. The fraction of sp³-hybridized carbons (Fsp3) is 0.500. The molecule has 0 aliphatic rings. The van der Waals surface area contributed by atoms with Crippen LogP contribution in [0.2, 0.25) is 0 Å². The van der Waals surface area contributed by atoms with Crippen molar-refractivity contribution in [1.82, 2.24) is 14.6 Å². The van der Waals surface area contributed by atoms with Gasteiger partial charge in [-0.1, -0.05) is 13.8 Å². The van der Waals surface area contributed by atoms with Gasteiger partial charge in [0.2, 0.25) is 0 Å². The molecule has 0 spiro atoms. The maximum absolute atomic E-state index is 6.17. The molecule has 4 heteroatoms. The van der Waals surface area contributed by atoms with Gasteiger partial charge in [0.1, 0.15) is 0 Å². The molecule has 4 nitrogen and oxygen atoms in total. The van der Waals surface area contributed by atoms with E-state index >= 15 is 0 Å². The Labute approximate surface area is 95.5 Å². The molecule has 2 rings (SSSR count). The third kappa shape index (κ3) is 2.22. The highest BCUT2D eigenvalue weighted by molar-refractivity contribution is 5.52. The number of nitrogens with two attached hydrogens (primary N) is 1. The Hall–Kier alpha value is -1.42. The number of aromatic nitrogens is 3. The molecule has 0 radical (unpaired) electrons. The largest absolute Gasteiger partial charge is 0.324 e. The van der Waals surface area contributed by atoms with E-state index in [9.17, 15) is 0 Å². The van der Waals surface area contributed by atoms with E-state index in [1.54, 1.807) is 6.20 Å². The summed E-state index contributed by atoms with van der Waals surface area (Å²) >= 11 is 0. The molecular formula is C12H18N4. The average Bonchev–Trinajstić information content (AvgIpc) is 2.69. The van der Waals surface area contributed by atoms with Crippen molar-refractivity contribution in [2.75, 3.05) is 0 Å². The maximum atomic E-state index is 6.17. The van der Waals surface area contributed by atoms with Gasteiger partial charge in [-0.15, -0.1) is 0 Å². The monoisotopic (exact) mass is 218 g/mol. The van der Waals surface area contributed by atoms with Crippen LogP contribution in [0.1, 0.15) is 38.3 Å². The topological polar surface area (TPSA) is 56.2 Å². The van der Waals surface area contributed by atoms with Crippen LogP contribution in [-0.2, 0) is 0 Å². The number of rotatable bonds is 4. The molecule has 1 atom stereocenters. The third-order valence-electron chi connectivity index (χ3n) is 2.81. The SMILES string of the molecule is CC(C)CCC(N)c1cnn2ccncc12. The Kier molecular flexibility index (Phi) is 3.19. The highest BCUT2D eigenvalue weighted by Crippen LogP contribution is 2.21. The van der Waals surface area contributed by atoms with Gasteiger partial charge in [-0.25, -0.2) is 4.52 Å². The minimum Gasteiger partial charge on any atom is -0.324 e. The Morgan fingerprint density at radius 2 is 2.12 bits per heavy atom. The fourth-order valence-corrected chi connectivity index (χ4v) is 1.81. The lowest BCUT2D eigenvalue weighted by atomic mass is 9.99. The summed E-state index contributed by atoms with van der Waals surface area (Å²) in [6.07, 6.45) is 9.36. The summed E-state index contributed by atoms with van der Waals surface area (Å²) in [5, 5.41) is 4.26. The molecule has 0 saturated heterocycles. The van der Waals surface area contributed by atoms with Crippen LogP contribution < -0.4 is 5.73 Å². The van der Waals surface area contributed by atoms with Gasteiger partial charge in [-0.3, -0.25) is 4.98 Å². The highest BCUT2D eigenvalue weighted by Gasteiger charge is 2.12. The second-order valence-corrected chi connectivity index (χ2v) is 4.58. The first-order chi connectivity index (χ1) is 7.68. The predicted molar refractivity (Wildman–Crippen MR) is 64.0 cm³/mol. The molecule has 0 saturated carbocycles. The summed E-state index contributed by atoms with van der Waals surface area (Å²) in [7, 11) is 0. The summed E-state index contributed by atoms with van der Waals surface area (Å²) in [6, 6.07) is 0.0594. The lowest BCUT2D eigenvalue weighted by Gasteiger charge is -2.11. The first kappa shape index (κ1) is 11.1. The zero-order chi connectivity index (χ0) is 11.5. The molecule has 0 fully saturated rings. The summed E-state index contributed by atoms with van der Waals surface area (Å²) < 4.78 is 1.82. The van der Waals surface area contributed by atoms with E-state index in [0.29, 0.717) is 5.92 Å². The molecule has 0 bridgehead atoms. The smallest absolute Gasteiger partial charge is 0.0892 e. The molecule has 2 heterocycles. The normalized spacial score (nSPS) is 13.5. The number of nitrogens with zero attached hydrogens (tertiary/aromatic N) is 3. The minimum atomic E-state index is 0.0594. The summed E-state index contributed by atoms with van der Waals surface area (Å²) in [5.41, 5.74) is 8.28. The van der Waals surface area contributed by atoms with E-state index < -0.39 is 0 Å². The van der Waals surface area contributed by atoms with E-state index in [2.05, 4.69) is 23.9 Å². The Morgan fingerprint density at radius 3 is 2.88 bits per heavy atom. The third-order valence-corrected chi connectivity index (χ3v) is 2.81. The Morgan fingerprint density at radius 1 is 1.31 bits per heavy atom. The van der Waals surface area contributed by atoms with Gasteiger partial charge in [-0.2, -0.15) is 5.10 Å². The highest BCUT2D eigenvalue weighted by atomic mass is 15.2. The summed E-state index contributed by atoms with van der Waals surface area (Å²) in [4.78, 5) is 4.11. The van der Waals surface area contributed by atoms with E-state index in [1.165, 1.54) is 0 Å². The van der Waals surface area contributed by atoms with Crippen LogP contribution in [0.4, 0.5) is 0 Å². The molecule has 0 aliphatic heterocycles. The lowest BCUT2D eigenvalue weighted by Crippen LogP contribution is -2.11. The van der Waals surface area contributed by atoms with Crippen molar-refractivity contribution in [3.63, 3.8) is 0 Å². The molecule has 0 amide bonds. The van der Waals surface area contributed by atoms with Gasteiger partial charge < -0.3 is 5.73 Å². The summed E-state index contributed by atoms with van der Waals surface area (Å²) in [5.74, 6) is 0.686. The van der Waals surface area contributed by atoms with Crippen LogP contribution in [-0.4, -0.2) is 14.6 Å². The molecule has 86 valence electrons. The zero-order valence-electron chi connectivity index (χ0n) is 9.80. The van der Waals surface area contributed by atoms with Crippen molar-refractivity contribution in [1.29, 1.82) is 0 Å². The maximum Gasteiger partial charge on any atom is 0.0892 e. The number of fused-ring (bicyclic) bond motifs is 1. The first-order valence-electron chi connectivity index (χ1n) is 5.71. The zero-order valence-corrected chi connectivity index (χ0v) is 9.80. The van der Waals surface area contributed by atoms with E-state index in [0.717, 1.165) is 23.9 Å². The van der Waals surface area contributed by atoms with Crippen LogP contribution in [0.5, 0.6) is 0 Å². The number of hydrogen-bond acceptors (Lipinski definition) is 3. The summed E-state index contributed by atoms with van der Waals surface area (Å²) in [6.45, 7) is 4.43. The molecule has 2 aromatic rings. The molecular weight excluding hydrogens is 200 g/mol. The van der Waals surface area contributed by atoms with Crippen LogP contribution in [0.3, 0.4) is 0 Å². The average molecular weight is 218 g/mol. The van der Waals surface area contributed by atoms with Gasteiger partial charge in [0.15, 0.2) is 0 Å². The van der Waals surface area contributed by atoms with Crippen molar-refractivity contribution < 1.29 is 0 Å². The molecule has 2 N–H and O–H groups in total. The van der Waals surface area contributed by atoms with Crippen LogP contribution in [0.25, 0.3) is 5.52 Å². The molecule has 0 aliphatic carbocycles. The minimum absolute atomic E-state index is 0.0594. The molecule has 1 unspecified atom stereocenters. The van der Waals surface area contributed by atoms with E-state index in [4.69, 9.17) is 5.73 Å². The molecule has 2 aromatic heterocycles. The van der Waals surface area contributed by atoms with Crippen LogP contribution >= 0.6 is 0 Å². The first-order valence-corrected chi connectivity index (χ1v) is 5.71. The van der Waals surface area contributed by atoms with Gasteiger partial charge in [0.25, 0.3) is 0 Å². The van der Waals surface area contributed by atoms with Gasteiger partial charge >= 0.3 is 0 Å². The van der Waals surface area contributed by atoms with E-state index in [1.807, 2.05) is 23.1 Å². The predicted octanol–water partition coefficient (Wildman–Crippen LogP) is 2.17. The van der Waals surface area contributed by atoms with Crippen LogP contribution in [0.15, 0.2) is 24.8 Å². The van der Waals surface area contributed by atoms with Crippen molar-refractivity contribution in [3.05, 3.63) is 30.4 Å². The second-order valence-electron chi connectivity index (χ2n) is 4.58. The number of hydrogen-bond donors (Lipinski definition) is 1. The van der Waals surface area contributed by atoms with Crippen molar-refractivity contribution >= 4 is 5.52 Å². The van der Waals surface area contributed by atoms with E-state index in [-0.39, 0.29) is 6.04 Å². The van der Waals surface area contributed by atoms with Crippen molar-refractivity contribution in [3.8, 4) is 0 Å². The lowest BCUT2D eigenvalue weighted by molar-refractivity contribution is 0.508. The van der Waals surface area contributed by atoms with Gasteiger partial charge in [-0.05, 0) is 18.8 Å². The molecule has 0 aromatic carbocycles.